The Balaban J connectivity index is 2.79. The highest BCUT2D eigenvalue weighted by Gasteiger charge is 2.11. The number of hydrogen-bond donors (Lipinski definition) is 1. The van der Waals surface area contributed by atoms with E-state index in [-0.39, 0.29) is 6.04 Å². The van der Waals surface area contributed by atoms with Crippen LogP contribution in [0.2, 0.25) is 0 Å². The first kappa shape index (κ1) is 9.64. The fourth-order valence-corrected chi connectivity index (χ4v) is 2.10. The molecule has 68 valence electrons. The number of aromatic nitrogens is 1. The van der Waals surface area contributed by atoms with Crippen molar-refractivity contribution in [3.8, 4) is 0 Å². The summed E-state index contributed by atoms with van der Waals surface area (Å²) in [5, 5.41) is 1.10. The zero-order chi connectivity index (χ0) is 9.14. The summed E-state index contributed by atoms with van der Waals surface area (Å²) in [6.45, 7) is 6.09. The maximum Gasteiger partial charge on any atom is 0.0900 e. The summed E-state index contributed by atoms with van der Waals surface area (Å²) in [6.07, 6.45) is 0. The van der Waals surface area contributed by atoms with Crippen LogP contribution in [0.1, 0.15) is 28.5 Å². The largest absolute Gasteiger partial charge is 0.305 e. The summed E-state index contributed by atoms with van der Waals surface area (Å²) in [7, 11) is 1.62. The summed E-state index contributed by atoms with van der Waals surface area (Å²) >= 11 is 1.71. The minimum Gasteiger partial charge on any atom is -0.305 e. The molecule has 1 aromatic rings. The molecule has 0 aliphatic heterocycles. The Morgan fingerprint density at radius 1 is 1.50 bits per heavy atom. The first-order valence-electron chi connectivity index (χ1n) is 3.87. The maximum atomic E-state index is 4.85. The molecule has 0 bridgehead atoms. The number of thiazole rings is 1. The zero-order valence-corrected chi connectivity index (χ0v) is 8.66. The molecule has 4 heteroatoms. The van der Waals surface area contributed by atoms with Gasteiger partial charge in [0.25, 0.3) is 0 Å². The smallest absolute Gasteiger partial charge is 0.0900 e. The molecule has 0 saturated carbocycles. The topological polar surface area (TPSA) is 34.1 Å². The molecule has 0 radical (unpaired) electrons. The van der Waals surface area contributed by atoms with Gasteiger partial charge < -0.3 is 4.84 Å². The number of hydroxylamine groups is 1. The van der Waals surface area contributed by atoms with E-state index in [0.717, 1.165) is 10.7 Å². The van der Waals surface area contributed by atoms with Gasteiger partial charge in [0.1, 0.15) is 0 Å². The molecular formula is C8H14N2OS. The Labute approximate surface area is 76.7 Å². The molecule has 1 aromatic heterocycles. The SMILES string of the molecule is CONC(C)c1sc(C)nc1C. The Kier molecular flexibility index (Phi) is 3.20. The molecule has 0 aliphatic rings. The van der Waals surface area contributed by atoms with Crippen LogP contribution < -0.4 is 5.48 Å². The third kappa shape index (κ3) is 2.03. The Morgan fingerprint density at radius 2 is 2.17 bits per heavy atom. The molecule has 0 fully saturated rings. The predicted octanol–water partition coefficient (Wildman–Crippen LogP) is 1.97. The molecule has 1 N–H and O–H groups in total. The van der Waals surface area contributed by atoms with Gasteiger partial charge in [0, 0.05) is 4.88 Å². The third-order valence-corrected chi connectivity index (χ3v) is 2.88. The van der Waals surface area contributed by atoms with Gasteiger partial charge in [0.15, 0.2) is 0 Å². The first-order chi connectivity index (χ1) is 5.65. The van der Waals surface area contributed by atoms with Gasteiger partial charge in [-0.1, -0.05) is 0 Å². The highest BCUT2D eigenvalue weighted by Crippen LogP contribution is 2.23. The minimum atomic E-state index is 0.223. The van der Waals surface area contributed by atoms with Crippen molar-refractivity contribution in [2.75, 3.05) is 7.11 Å². The molecule has 0 aromatic carbocycles. The fraction of sp³-hybridized carbons (Fsp3) is 0.625. The van der Waals surface area contributed by atoms with Crippen molar-refractivity contribution in [3.05, 3.63) is 15.6 Å². The van der Waals surface area contributed by atoms with Crippen molar-refractivity contribution < 1.29 is 4.84 Å². The van der Waals surface area contributed by atoms with E-state index in [1.807, 2.05) is 13.8 Å². The average Bonchev–Trinajstić information content (AvgIpc) is 2.30. The van der Waals surface area contributed by atoms with Crippen molar-refractivity contribution >= 4 is 11.3 Å². The quantitative estimate of drug-likeness (QED) is 0.733. The van der Waals surface area contributed by atoms with E-state index in [4.69, 9.17) is 4.84 Å². The van der Waals surface area contributed by atoms with E-state index in [9.17, 15) is 0 Å². The van der Waals surface area contributed by atoms with Gasteiger partial charge >= 0.3 is 0 Å². The van der Waals surface area contributed by atoms with E-state index >= 15 is 0 Å². The van der Waals surface area contributed by atoms with Gasteiger partial charge in [-0.3, -0.25) is 0 Å². The number of nitrogens with zero attached hydrogens (tertiary/aromatic N) is 1. The van der Waals surface area contributed by atoms with Crippen LogP contribution in [-0.4, -0.2) is 12.1 Å². The molecule has 0 aliphatic carbocycles. The Bertz CT molecular complexity index is 260. The fourth-order valence-electron chi connectivity index (χ4n) is 1.18. The van der Waals surface area contributed by atoms with E-state index in [1.165, 1.54) is 4.88 Å². The lowest BCUT2D eigenvalue weighted by atomic mass is 10.2. The van der Waals surface area contributed by atoms with Crippen LogP contribution in [-0.2, 0) is 4.84 Å². The van der Waals surface area contributed by atoms with Gasteiger partial charge in [0.05, 0.1) is 23.9 Å². The van der Waals surface area contributed by atoms with Crippen LogP contribution in [0.15, 0.2) is 0 Å². The standard InChI is InChI=1S/C8H14N2OS/c1-5-8(6(2)10-11-4)12-7(3)9-5/h6,10H,1-4H3. The van der Waals surface area contributed by atoms with Crippen LogP contribution >= 0.6 is 11.3 Å². The maximum absolute atomic E-state index is 4.85. The normalized spacial score (nSPS) is 13.3. The molecule has 1 heterocycles. The zero-order valence-electron chi connectivity index (χ0n) is 7.84. The predicted molar refractivity (Wildman–Crippen MR) is 50.1 cm³/mol. The van der Waals surface area contributed by atoms with Crippen LogP contribution in [0.4, 0.5) is 0 Å². The second-order valence-electron chi connectivity index (χ2n) is 2.73. The van der Waals surface area contributed by atoms with Crippen molar-refractivity contribution in [1.29, 1.82) is 0 Å². The first-order valence-corrected chi connectivity index (χ1v) is 4.69. The number of nitrogens with one attached hydrogen (secondary N) is 1. The molecule has 1 rings (SSSR count). The molecular weight excluding hydrogens is 172 g/mol. The Morgan fingerprint density at radius 3 is 2.58 bits per heavy atom. The van der Waals surface area contributed by atoms with E-state index in [1.54, 1.807) is 18.4 Å². The molecule has 0 amide bonds. The molecule has 1 unspecified atom stereocenters. The van der Waals surface area contributed by atoms with E-state index < -0.39 is 0 Å². The van der Waals surface area contributed by atoms with Crippen LogP contribution in [0.3, 0.4) is 0 Å². The van der Waals surface area contributed by atoms with Gasteiger partial charge in [-0.2, -0.15) is 5.48 Å². The number of hydrogen-bond acceptors (Lipinski definition) is 4. The van der Waals surface area contributed by atoms with Gasteiger partial charge in [0.2, 0.25) is 0 Å². The lowest BCUT2D eigenvalue weighted by Crippen LogP contribution is -2.16. The lowest BCUT2D eigenvalue weighted by Gasteiger charge is -2.09. The van der Waals surface area contributed by atoms with Crippen molar-refractivity contribution in [1.82, 2.24) is 10.5 Å². The van der Waals surface area contributed by atoms with Gasteiger partial charge in [-0.05, 0) is 20.8 Å². The third-order valence-electron chi connectivity index (χ3n) is 1.63. The molecule has 1 atom stereocenters. The van der Waals surface area contributed by atoms with Gasteiger partial charge in [-0.15, -0.1) is 11.3 Å². The average molecular weight is 186 g/mol. The highest BCUT2D eigenvalue weighted by molar-refractivity contribution is 7.11. The van der Waals surface area contributed by atoms with Crippen LogP contribution in [0, 0.1) is 13.8 Å². The number of rotatable bonds is 3. The minimum absolute atomic E-state index is 0.223. The Hall–Kier alpha value is -0.450. The van der Waals surface area contributed by atoms with Crippen molar-refractivity contribution in [2.24, 2.45) is 0 Å². The van der Waals surface area contributed by atoms with E-state index in [0.29, 0.717) is 0 Å². The monoisotopic (exact) mass is 186 g/mol. The summed E-state index contributed by atoms with van der Waals surface area (Å²) in [5.74, 6) is 0. The highest BCUT2D eigenvalue weighted by atomic mass is 32.1. The summed E-state index contributed by atoms with van der Waals surface area (Å²) < 4.78 is 0. The van der Waals surface area contributed by atoms with Crippen LogP contribution in [0.5, 0.6) is 0 Å². The molecule has 0 spiro atoms. The molecule has 12 heavy (non-hydrogen) atoms. The summed E-state index contributed by atoms with van der Waals surface area (Å²) in [6, 6.07) is 0.223. The second-order valence-corrected chi connectivity index (χ2v) is 3.96. The van der Waals surface area contributed by atoms with Gasteiger partial charge in [-0.25, -0.2) is 4.98 Å². The summed E-state index contributed by atoms with van der Waals surface area (Å²) in [5.41, 5.74) is 3.98. The van der Waals surface area contributed by atoms with Crippen molar-refractivity contribution in [2.45, 2.75) is 26.8 Å². The molecule has 3 nitrogen and oxygen atoms in total. The number of aryl methyl sites for hydroxylation is 2. The second kappa shape index (κ2) is 3.98. The van der Waals surface area contributed by atoms with E-state index in [2.05, 4.69) is 17.4 Å². The summed E-state index contributed by atoms with van der Waals surface area (Å²) in [4.78, 5) is 10.4. The van der Waals surface area contributed by atoms with Crippen LogP contribution in [0.25, 0.3) is 0 Å². The molecule has 0 saturated heterocycles. The van der Waals surface area contributed by atoms with Crippen molar-refractivity contribution in [3.63, 3.8) is 0 Å². The lowest BCUT2D eigenvalue weighted by molar-refractivity contribution is 0.0666.